The molecule has 3 nitrogen and oxygen atoms in total. The van der Waals surface area contributed by atoms with Crippen molar-refractivity contribution in [3.63, 3.8) is 0 Å². The molecule has 3 heteroatoms. The highest BCUT2D eigenvalue weighted by atomic mass is 16.3. The van der Waals surface area contributed by atoms with Gasteiger partial charge in [0, 0.05) is 11.5 Å². The quantitative estimate of drug-likeness (QED) is 0.492. The minimum atomic E-state index is -0.613. The summed E-state index contributed by atoms with van der Waals surface area (Å²) in [4.78, 5) is 14.2. The van der Waals surface area contributed by atoms with Crippen LogP contribution in [0.15, 0.2) is 11.6 Å². The molecular weight excluding hydrogens is 394 g/mol. The second kappa shape index (κ2) is 6.72. The zero-order valence-corrected chi connectivity index (χ0v) is 21.6. The van der Waals surface area contributed by atoms with Gasteiger partial charge in [0.2, 0.25) is 0 Å². The topological polar surface area (TPSA) is 63.3 Å². The first kappa shape index (κ1) is 23.1. The Morgan fingerprint density at radius 2 is 1.62 bits per heavy atom. The third-order valence-corrected chi connectivity index (χ3v) is 12.8. The van der Waals surface area contributed by atoms with Crippen molar-refractivity contribution in [2.75, 3.05) is 0 Å². The van der Waals surface area contributed by atoms with E-state index < -0.39 is 11.6 Å². The third kappa shape index (κ3) is 2.59. The van der Waals surface area contributed by atoms with Crippen LogP contribution in [-0.4, -0.2) is 22.5 Å². The molecule has 3 N–H and O–H groups in total. The van der Waals surface area contributed by atoms with Crippen LogP contribution in [0.5, 0.6) is 0 Å². The maximum Gasteiger partial charge on any atom is 0.159 e. The number of aliphatic hydroxyl groups is 1. The maximum atomic E-state index is 14.2. The molecule has 5 aliphatic rings. The fraction of sp³-hybridized carbons (Fsp3) is 0.897. The fourth-order valence-electron chi connectivity index (χ4n) is 10.4. The van der Waals surface area contributed by atoms with Gasteiger partial charge in [0.15, 0.2) is 5.78 Å². The lowest BCUT2D eigenvalue weighted by atomic mass is 9.33. The lowest BCUT2D eigenvalue weighted by Gasteiger charge is -2.70. The molecule has 4 fully saturated rings. The minimum absolute atomic E-state index is 0.0125. The molecule has 0 radical (unpaired) electrons. The largest absolute Gasteiger partial charge is 0.391 e. The molecule has 0 unspecified atom stereocenters. The van der Waals surface area contributed by atoms with Crippen LogP contribution in [-0.2, 0) is 4.79 Å². The van der Waals surface area contributed by atoms with Crippen LogP contribution in [0.1, 0.15) is 99.8 Å². The highest BCUT2D eigenvalue weighted by Crippen LogP contribution is 2.74. The number of nitrogens with two attached hydrogens (primary N) is 1. The predicted molar refractivity (Wildman–Crippen MR) is 130 cm³/mol. The van der Waals surface area contributed by atoms with E-state index in [2.05, 4.69) is 47.6 Å². The SMILES string of the molecule is C[C@H]1[C@H](C)CC[C@]2(C)CC[C@]3(C)C(=CC(=O)[C@@H]4[C@@]5(C)CC[C@H](O)[C@](C)(N)[C@@H]5CC[C@]43C)[C@H]12. The zero-order valence-electron chi connectivity index (χ0n) is 21.6. The Labute approximate surface area is 196 Å². The molecule has 11 atom stereocenters. The summed E-state index contributed by atoms with van der Waals surface area (Å²) in [6.07, 6.45) is 10.5. The van der Waals surface area contributed by atoms with Crippen LogP contribution in [0.4, 0.5) is 0 Å². The van der Waals surface area contributed by atoms with E-state index in [1.165, 1.54) is 31.3 Å². The molecule has 0 heterocycles. The van der Waals surface area contributed by atoms with Crippen LogP contribution < -0.4 is 5.73 Å². The van der Waals surface area contributed by atoms with Gasteiger partial charge in [-0.05, 0) is 110 Å². The van der Waals surface area contributed by atoms with E-state index in [1.54, 1.807) is 0 Å². The number of carbonyl (C=O) groups excluding carboxylic acids is 1. The van der Waals surface area contributed by atoms with E-state index in [9.17, 15) is 9.90 Å². The predicted octanol–water partition coefficient (Wildman–Crippen LogP) is 5.90. The van der Waals surface area contributed by atoms with E-state index in [0.717, 1.165) is 25.2 Å². The standard InChI is InChI=1S/C29H47NO2/c1-17-8-11-25(3)14-15-27(5)19(23(25)18(17)2)16-20(31)24-26(4)12-10-22(32)29(7,30)21(26)9-13-28(24,27)6/h16-18,21-24,32H,8-15,30H2,1-7H3/t17-,18+,21-,22+,23+,24-,25-,26+,27-,28-,29-/m1/s1. The Kier molecular flexibility index (Phi) is 4.85. The van der Waals surface area contributed by atoms with E-state index in [4.69, 9.17) is 5.73 Å². The maximum absolute atomic E-state index is 14.2. The molecule has 0 aromatic heterocycles. The van der Waals surface area contributed by atoms with Crippen molar-refractivity contribution < 1.29 is 9.90 Å². The van der Waals surface area contributed by atoms with Gasteiger partial charge < -0.3 is 10.8 Å². The Bertz CT molecular complexity index is 861. The van der Waals surface area contributed by atoms with E-state index in [1.807, 2.05) is 6.92 Å². The lowest BCUT2D eigenvalue weighted by molar-refractivity contribution is -0.189. The normalized spacial score (nSPS) is 59.9. The van der Waals surface area contributed by atoms with Crippen LogP contribution in [0.2, 0.25) is 0 Å². The highest BCUT2D eigenvalue weighted by molar-refractivity contribution is 5.95. The lowest BCUT2D eigenvalue weighted by Crippen LogP contribution is -2.70. The molecule has 0 aliphatic heterocycles. The van der Waals surface area contributed by atoms with Crippen molar-refractivity contribution >= 4 is 5.78 Å². The Balaban J connectivity index is 1.64. The number of ketones is 1. The number of hydrogen-bond donors (Lipinski definition) is 2. The van der Waals surface area contributed by atoms with Crippen molar-refractivity contribution in [1.82, 2.24) is 0 Å². The second-order valence-corrected chi connectivity index (χ2v) is 14.2. The van der Waals surface area contributed by atoms with Crippen molar-refractivity contribution in [2.45, 2.75) is 111 Å². The molecule has 32 heavy (non-hydrogen) atoms. The van der Waals surface area contributed by atoms with Crippen molar-refractivity contribution in [3.8, 4) is 0 Å². The van der Waals surface area contributed by atoms with Gasteiger partial charge in [0.05, 0.1) is 6.10 Å². The average molecular weight is 442 g/mol. The number of fused-ring (bicyclic) bond motifs is 7. The Morgan fingerprint density at radius 1 is 0.938 bits per heavy atom. The van der Waals surface area contributed by atoms with Crippen molar-refractivity contribution in [2.24, 2.45) is 57.0 Å². The average Bonchev–Trinajstić information content (AvgIpc) is 2.70. The molecule has 180 valence electrons. The van der Waals surface area contributed by atoms with Gasteiger partial charge in [0.25, 0.3) is 0 Å². The molecule has 0 saturated heterocycles. The van der Waals surface area contributed by atoms with Crippen LogP contribution in [0.3, 0.4) is 0 Å². The zero-order chi connectivity index (χ0) is 23.5. The molecular formula is C29H47NO2. The molecule has 0 bridgehead atoms. The summed E-state index contributed by atoms with van der Waals surface area (Å²) in [5.74, 6) is 2.47. The Hall–Kier alpha value is -0.670. The minimum Gasteiger partial charge on any atom is -0.391 e. The number of hydrogen-bond acceptors (Lipinski definition) is 3. The highest BCUT2D eigenvalue weighted by Gasteiger charge is 2.70. The van der Waals surface area contributed by atoms with Crippen molar-refractivity contribution in [3.05, 3.63) is 11.6 Å². The fourth-order valence-corrected chi connectivity index (χ4v) is 10.4. The second-order valence-electron chi connectivity index (χ2n) is 14.2. The summed E-state index contributed by atoms with van der Waals surface area (Å²) < 4.78 is 0. The summed E-state index contributed by atoms with van der Waals surface area (Å²) in [6.45, 7) is 16.8. The first-order valence-corrected chi connectivity index (χ1v) is 13.5. The smallest absolute Gasteiger partial charge is 0.159 e. The Morgan fingerprint density at radius 3 is 2.31 bits per heavy atom. The van der Waals surface area contributed by atoms with Gasteiger partial charge in [-0.15, -0.1) is 0 Å². The molecule has 0 aromatic carbocycles. The monoisotopic (exact) mass is 441 g/mol. The summed E-state index contributed by atoms with van der Waals surface area (Å²) in [5.41, 5.74) is 7.94. The van der Waals surface area contributed by atoms with Gasteiger partial charge in [-0.2, -0.15) is 0 Å². The first-order chi connectivity index (χ1) is 14.7. The van der Waals surface area contributed by atoms with Crippen LogP contribution >= 0.6 is 0 Å². The van der Waals surface area contributed by atoms with Crippen LogP contribution in [0.25, 0.3) is 0 Å². The van der Waals surface area contributed by atoms with Crippen LogP contribution in [0, 0.1) is 51.2 Å². The van der Waals surface area contributed by atoms with Gasteiger partial charge in [-0.3, -0.25) is 4.79 Å². The van der Waals surface area contributed by atoms with Crippen molar-refractivity contribution in [1.29, 1.82) is 0 Å². The summed E-state index contributed by atoms with van der Waals surface area (Å²) in [5, 5.41) is 10.7. The van der Waals surface area contributed by atoms with Gasteiger partial charge >= 0.3 is 0 Å². The van der Waals surface area contributed by atoms with Gasteiger partial charge in [-0.1, -0.05) is 47.1 Å². The molecule has 5 aliphatic carbocycles. The number of aliphatic hydroxyl groups excluding tert-OH is 1. The third-order valence-electron chi connectivity index (χ3n) is 12.8. The van der Waals surface area contributed by atoms with E-state index in [0.29, 0.717) is 29.5 Å². The number of rotatable bonds is 0. The molecule has 0 amide bonds. The summed E-state index contributed by atoms with van der Waals surface area (Å²) in [7, 11) is 0. The molecule has 5 rings (SSSR count). The summed E-state index contributed by atoms with van der Waals surface area (Å²) >= 11 is 0. The summed E-state index contributed by atoms with van der Waals surface area (Å²) in [6, 6.07) is 0. The number of allylic oxidation sites excluding steroid dienone is 2. The first-order valence-electron chi connectivity index (χ1n) is 13.5. The van der Waals surface area contributed by atoms with Gasteiger partial charge in [0.1, 0.15) is 0 Å². The van der Waals surface area contributed by atoms with E-state index in [-0.39, 0.29) is 28.1 Å². The van der Waals surface area contributed by atoms with E-state index >= 15 is 0 Å². The number of carbonyl (C=O) groups is 1. The van der Waals surface area contributed by atoms with Gasteiger partial charge in [-0.25, -0.2) is 0 Å². The molecule has 0 aromatic rings. The molecule has 0 spiro atoms. The molecule has 4 saturated carbocycles.